The summed E-state index contributed by atoms with van der Waals surface area (Å²) in [5.41, 5.74) is 7.54. The highest BCUT2D eigenvalue weighted by Crippen LogP contribution is 2.25. The topological polar surface area (TPSA) is 55.5 Å². The van der Waals surface area contributed by atoms with Gasteiger partial charge < -0.3 is 15.6 Å². The molecule has 1 atom stereocenters. The minimum absolute atomic E-state index is 0.0372. The number of hydrogen-bond acceptors (Lipinski definition) is 3. The fraction of sp³-hybridized carbons (Fsp3) is 0.500. The third-order valence-electron chi connectivity index (χ3n) is 2.53. The Morgan fingerprint density at radius 2 is 2.13 bits per heavy atom. The van der Waals surface area contributed by atoms with Crippen LogP contribution in [0.15, 0.2) is 18.2 Å². The Labute approximate surface area is 90.9 Å². The third kappa shape index (κ3) is 2.94. The number of hydrogen-bond donors (Lipinski definition) is 2. The first kappa shape index (κ1) is 12.0. The average Bonchev–Trinajstić information content (AvgIpc) is 2.21. The summed E-state index contributed by atoms with van der Waals surface area (Å²) in [6.45, 7) is 3.81. The molecule has 0 heterocycles. The van der Waals surface area contributed by atoms with Crippen LogP contribution in [-0.2, 0) is 6.42 Å². The maximum Gasteiger partial charge on any atom is 0.122 e. The summed E-state index contributed by atoms with van der Waals surface area (Å²) in [7, 11) is 1.64. The predicted octanol–water partition coefficient (Wildman–Crippen LogP) is 1.26. The lowest BCUT2D eigenvalue weighted by atomic mass is 9.91. The van der Waals surface area contributed by atoms with E-state index in [0.717, 1.165) is 16.9 Å². The average molecular weight is 209 g/mol. The van der Waals surface area contributed by atoms with Crippen molar-refractivity contribution in [2.45, 2.75) is 25.8 Å². The number of rotatable bonds is 4. The Hall–Kier alpha value is -1.06. The van der Waals surface area contributed by atoms with E-state index in [-0.39, 0.29) is 6.61 Å². The molecule has 0 spiro atoms. The minimum Gasteiger partial charge on any atom is -0.496 e. The van der Waals surface area contributed by atoms with E-state index in [9.17, 15) is 0 Å². The zero-order chi connectivity index (χ0) is 11.5. The quantitative estimate of drug-likeness (QED) is 0.784. The Morgan fingerprint density at radius 1 is 1.47 bits per heavy atom. The van der Waals surface area contributed by atoms with Crippen molar-refractivity contribution in [3.63, 3.8) is 0 Å². The summed E-state index contributed by atoms with van der Waals surface area (Å²) in [6, 6.07) is 5.88. The van der Waals surface area contributed by atoms with E-state index in [2.05, 4.69) is 0 Å². The maximum absolute atomic E-state index is 9.14. The zero-order valence-electron chi connectivity index (χ0n) is 9.58. The van der Waals surface area contributed by atoms with Crippen molar-refractivity contribution in [1.29, 1.82) is 0 Å². The first-order chi connectivity index (χ1) is 7.00. The molecule has 3 nitrogen and oxygen atoms in total. The molecule has 84 valence electrons. The van der Waals surface area contributed by atoms with Crippen LogP contribution in [0.3, 0.4) is 0 Å². The number of aliphatic hydroxyl groups excluding tert-OH is 1. The Balaban J connectivity index is 3.02. The van der Waals surface area contributed by atoms with Gasteiger partial charge in [-0.3, -0.25) is 0 Å². The number of aryl methyl sites for hydroxylation is 1. The molecule has 15 heavy (non-hydrogen) atoms. The van der Waals surface area contributed by atoms with E-state index in [0.29, 0.717) is 6.42 Å². The Morgan fingerprint density at radius 3 is 2.67 bits per heavy atom. The van der Waals surface area contributed by atoms with Gasteiger partial charge in [-0.25, -0.2) is 0 Å². The molecule has 0 saturated heterocycles. The molecule has 1 rings (SSSR count). The van der Waals surface area contributed by atoms with Crippen LogP contribution in [0.5, 0.6) is 5.75 Å². The summed E-state index contributed by atoms with van der Waals surface area (Å²) in [4.78, 5) is 0. The van der Waals surface area contributed by atoms with Gasteiger partial charge in [-0.15, -0.1) is 0 Å². The highest BCUT2D eigenvalue weighted by atomic mass is 16.5. The van der Waals surface area contributed by atoms with Gasteiger partial charge in [0.1, 0.15) is 5.75 Å². The minimum atomic E-state index is -0.598. The molecular weight excluding hydrogens is 190 g/mol. The largest absolute Gasteiger partial charge is 0.496 e. The van der Waals surface area contributed by atoms with Crippen LogP contribution >= 0.6 is 0 Å². The summed E-state index contributed by atoms with van der Waals surface area (Å²) in [6.07, 6.45) is 0.610. The highest BCUT2D eigenvalue weighted by molar-refractivity contribution is 5.40. The van der Waals surface area contributed by atoms with Gasteiger partial charge in [0.05, 0.1) is 13.7 Å². The van der Waals surface area contributed by atoms with Crippen molar-refractivity contribution in [2.24, 2.45) is 5.73 Å². The van der Waals surface area contributed by atoms with Gasteiger partial charge in [-0.1, -0.05) is 12.1 Å². The van der Waals surface area contributed by atoms with Crippen molar-refractivity contribution >= 4 is 0 Å². The van der Waals surface area contributed by atoms with Crippen LogP contribution in [0.1, 0.15) is 18.1 Å². The van der Waals surface area contributed by atoms with Crippen molar-refractivity contribution in [1.82, 2.24) is 0 Å². The lowest BCUT2D eigenvalue weighted by molar-refractivity contribution is 0.207. The Kier molecular flexibility index (Phi) is 3.72. The van der Waals surface area contributed by atoms with Crippen LogP contribution in [-0.4, -0.2) is 24.4 Å². The van der Waals surface area contributed by atoms with E-state index in [1.807, 2.05) is 32.0 Å². The van der Waals surface area contributed by atoms with Crippen LogP contribution < -0.4 is 10.5 Å². The molecule has 0 aliphatic rings. The summed E-state index contributed by atoms with van der Waals surface area (Å²) in [5, 5.41) is 9.14. The number of methoxy groups -OCH3 is 1. The van der Waals surface area contributed by atoms with Gasteiger partial charge in [0, 0.05) is 5.54 Å². The van der Waals surface area contributed by atoms with E-state index in [1.54, 1.807) is 7.11 Å². The predicted molar refractivity (Wildman–Crippen MR) is 61.1 cm³/mol. The molecule has 1 unspecified atom stereocenters. The Bertz CT molecular complexity index is 334. The molecular formula is C12H19NO2. The molecule has 0 radical (unpaired) electrons. The van der Waals surface area contributed by atoms with Crippen LogP contribution in [0.2, 0.25) is 0 Å². The molecule has 1 aromatic rings. The van der Waals surface area contributed by atoms with Crippen molar-refractivity contribution < 1.29 is 9.84 Å². The van der Waals surface area contributed by atoms with Gasteiger partial charge in [0.15, 0.2) is 0 Å². The first-order valence-electron chi connectivity index (χ1n) is 5.02. The standard InChI is InChI=1S/C12H19NO2/c1-9-5-4-6-11(15-3)10(9)7-12(2,13)8-14/h4-6,14H,7-8,13H2,1-3H3. The molecule has 0 bridgehead atoms. The normalized spacial score (nSPS) is 14.7. The molecule has 3 heteroatoms. The van der Waals surface area contributed by atoms with Crippen molar-refractivity contribution in [2.75, 3.05) is 13.7 Å². The number of aliphatic hydroxyl groups is 1. The fourth-order valence-electron chi connectivity index (χ4n) is 1.55. The fourth-order valence-corrected chi connectivity index (χ4v) is 1.55. The smallest absolute Gasteiger partial charge is 0.122 e. The van der Waals surface area contributed by atoms with E-state index in [1.165, 1.54) is 0 Å². The molecule has 0 aromatic heterocycles. The second-order valence-corrected chi connectivity index (χ2v) is 4.24. The summed E-state index contributed by atoms with van der Waals surface area (Å²) < 4.78 is 5.28. The molecule has 0 aliphatic carbocycles. The number of benzene rings is 1. The van der Waals surface area contributed by atoms with Gasteiger partial charge in [0.2, 0.25) is 0 Å². The summed E-state index contributed by atoms with van der Waals surface area (Å²) in [5.74, 6) is 0.833. The zero-order valence-corrected chi connectivity index (χ0v) is 9.58. The van der Waals surface area contributed by atoms with Gasteiger partial charge in [-0.2, -0.15) is 0 Å². The monoisotopic (exact) mass is 209 g/mol. The van der Waals surface area contributed by atoms with E-state index in [4.69, 9.17) is 15.6 Å². The lowest BCUT2D eigenvalue weighted by Gasteiger charge is -2.24. The molecule has 0 fully saturated rings. The lowest BCUT2D eigenvalue weighted by Crippen LogP contribution is -2.42. The molecule has 1 aromatic carbocycles. The van der Waals surface area contributed by atoms with E-state index < -0.39 is 5.54 Å². The summed E-state index contributed by atoms with van der Waals surface area (Å²) >= 11 is 0. The molecule has 3 N–H and O–H groups in total. The van der Waals surface area contributed by atoms with Crippen LogP contribution in [0.4, 0.5) is 0 Å². The second kappa shape index (κ2) is 4.64. The SMILES string of the molecule is COc1cccc(C)c1CC(C)(N)CO. The molecule has 0 saturated carbocycles. The molecule has 0 amide bonds. The first-order valence-corrected chi connectivity index (χ1v) is 5.02. The van der Waals surface area contributed by atoms with Gasteiger partial charge >= 0.3 is 0 Å². The maximum atomic E-state index is 9.14. The van der Waals surface area contributed by atoms with Crippen LogP contribution in [0, 0.1) is 6.92 Å². The van der Waals surface area contributed by atoms with E-state index >= 15 is 0 Å². The number of nitrogens with two attached hydrogens (primary N) is 1. The second-order valence-electron chi connectivity index (χ2n) is 4.24. The van der Waals surface area contributed by atoms with Crippen molar-refractivity contribution in [3.8, 4) is 5.75 Å². The van der Waals surface area contributed by atoms with Crippen molar-refractivity contribution in [3.05, 3.63) is 29.3 Å². The van der Waals surface area contributed by atoms with Crippen LogP contribution in [0.25, 0.3) is 0 Å². The highest BCUT2D eigenvalue weighted by Gasteiger charge is 2.20. The third-order valence-corrected chi connectivity index (χ3v) is 2.53. The van der Waals surface area contributed by atoms with Gasteiger partial charge in [0.25, 0.3) is 0 Å². The molecule has 0 aliphatic heterocycles. The van der Waals surface area contributed by atoms with Gasteiger partial charge in [-0.05, 0) is 37.5 Å². The number of ether oxygens (including phenoxy) is 1.